The monoisotopic (exact) mass is 227 g/mol. The molecule has 0 saturated carbocycles. The predicted octanol–water partition coefficient (Wildman–Crippen LogP) is -0.582. The molecule has 16 heavy (non-hydrogen) atoms. The first-order chi connectivity index (χ1) is 7.56. The van der Waals surface area contributed by atoms with Crippen LogP contribution in [0, 0.1) is 0 Å². The number of aromatic hydroxyl groups is 1. The Bertz CT molecular complexity index is 368. The highest BCUT2D eigenvalue weighted by Gasteiger charge is 2.21. The lowest BCUT2D eigenvalue weighted by Gasteiger charge is -2.18. The zero-order chi connectivity index (χ0) is 12.1. The van der Waals surface area contributed by atoms with Crippen molar-refractivity contribution in [3.63, 3.8) is 0 Å². The Balaban J connectivity index is 2.75. The van der Waals surface area contributed by atoms with Crippen molar-refractivity contribution in [3.8, 4) is 5.75 Å². The number of nitrogens with one attached hydrogen (secondary N) is 1. The van der Waals surface area contributed by atoms with E-state index in [2.05, 4.69) is 5.32 Å². The number of phenolic OH excluding ortho intramolecular Hbond substituents is 1. The molecule has 5 N–H and O–H groups in total. The molecule has 0 spiro atoms. The largest absolute Gasteiger partial charge is 0.508 e. The highest BCUT2D eigenvalue weighted by molar-refractivity contribution is 5.73. The second kappa shape index (κ2) is 5.45. The number of aliphatic carboxylic acids is 1. The number of phenols is 1. The Morgan fingerprint density at radius 1 is 1.38 bits per heavy atom. The number of para-hydroxylation sites is 1. The van der Waals surface area contributed by atoms with Gasteiger partial charge < -0.3 is 20.4 Å². The molecule has 0 fully saturated rings. The third-order valence-electron chi connectivity index (χ3n) is 2.07. The lowest BCUT2D eigenvalue weighted by molar-refractivity contribution is -0.141. The van der Waals surface area contributed by atoms with Crippen LogP contribution < -0.4 is 5.32 Å². The summed E-state index contributed by atoms with van der Waals surface area (Å²) >= 11 is 0. The van der Waals surface area contributed by atoms with E-state index in [0.717, 1.165) is 0 Å². The smallest absolute Gasteiger partial charge is 0.323 e. The van der Waals surface area contributed by atoms with Crippen LogP contribution in [0.15, 0.2) is 24.3 Å². The van der Waals surface area contributed by atoms with Crippen molar-refractivity contribution in [2.45, 2.75) is 12.3 Å². The van der Waals surface area contributed by atoms with Crippen molar-refractivity contribution in [2.75, 3.05) is 6.61 Å². The molecule has 1 aromatic rings. The van der Waals surface area contributed by atoms with Crippen LogP contribution in [0.25, 0.3) is 0 Å². The van der Waals surface area contributed by atoms with Gasteiger partial charge >= 0.3 is 5.97 Å². The van der Waals surface area contributed by atoms with Crippen LogP contribution in [0.2, 0.25) is 0 Å². The van der Waals surface area contributed by atoms with E-state index < -0.39 is 24.8 Å². The number of carboxylic acid groups (broad SMARTS) is 1. The fraction of sp³-hybridized carbons (Fsp3) is 0.300. The zero-order valence-electron chi connectivity index (χ0n) is 8.37. The number of carbonyl (C=O) groups is 1. The molecule has 0 heterocycles. The highest BCUT2D eigenvalue weighted by atomic mass is 16.4. The van der Waals surface area contributed by atoms with E-state index in [1.807, 2.05) is 0 Å². The predicted molar refractivity (Wildman–Crippen MR) is 54.7 cm³/mol. The zero-order valence-corrected chi connectivity index (χ0v) is 8.37. The second-order valence-electron chi connectivity index (χ2n) is 3.20. The van der Waals surface area contributed by atoms with Gasteiger partial charge in [0.2, 0.25) is 0 Å². The molecule has 0 radical (unpaired) electrons. The van der Waals surface area contributed by atoms with Crippen molar-refractivity contribution in [2.24, 2.45) is 0 Å². The van der Waals surface area contributed by atoms with Gasteiger partial charge in [-0.2, -0.15) is 0 Å². The number of carboxylic acids is 1. The van der Waals surface area contributed by atoms with E-state index in [0.29, 0.717) is 0 Å². The van der Waals surface area contributed by atoms with Gasteiger partial charge in [-0.05, 0) is 6.07 Å². The molecule has 1 aromatic carbocycles. The first-order valence-corrected chi connectivity index (χ1v) is 4.62. The molecule has 1 rings (SSSR count). The van der Waals surface area contributed by atoms with Crippen LogP contribution in [0.5, 0.6) is 5.75 Å². The first-order valence-electron chi connectivity index (χ1n) is 4.62. The fourth-order valence-electron chi connectivity index (χ4n) is 1.20. The average Bonchev–Trinajstić information content (AvgIpc) is 2.25. The van der Waals surface area contributed by atoms with Crippen LogP contribution in [-0.4, -0.2) is 39.0 Å². The molecule has 88 valence electrons. The first kappa shape index (κ1) is 12.4. The summed E-state index contributed by atoms with van der Waals surface area (Å²) in [4.78, 5) is 10.6. The Morgan fingerprint density at radius 3 is 2.50 bits per heavy atom. The minimum Gasteiger partial charge on any atom is -0.508 e. The van der Waals surface area contributed by atoms with Crippen LogP contribution in [0.3, 0.4) is 0 Å². The minimum atomic E-state index is -1.35. The van der Waals surface area contributed by atoms with Gasteiger partial charge in [0.05, 0.1) is 6.61 Å². The third kappa shape index (κ3) is 2.93. The number of benzene rings is 1. The summed E-state index contributed by atoms with van der Waals surface area (Å²) in [5, 5.41) is 38.7. The molecule has 0 amide bonds. The van der Waals surface area contributed by atoms with E-state index in [1.165, 1.54) is 12.1 Å². The van der Waals surface area contributed by atoms with Crippen molar-refractivity contribution in [1.82, 2.24) is 5.32 Å². The van der Waals surface area contributed by atoms with Gasteiger partial charge in [-0.25, -0.2) is 0 Å². The van der Waals surface area contributed by atoms with E-state index in [9.17, 15) is 15.0 Å². The molecule has 6 nitrogen and oxygen atoms in total. The van der Waals surface area contributed by atoms with Crippen molar-refractivity contribution in [3.05, 3.63) is 29.8 Å². The SMILES string of the molecule is O=C(O)C(CO)NC(O)c1ccccc1O. The lowest BCUT2D eigenvalue weighted by Crippen LogP contribution is -2.41. The third-order valence-corrected chi connectivity index (χ3v) is 2.07. The summed E-state index contributed by atoms with van der Waals surface area (Å²) in [6, 6.07) is 4.70. The lowest BCUT2D eigenvalue weighted by atomic mass is 10.1. The molecular weight excluding hydrogens is 214 g/mol. The van der Waals surface area contributed by atoms with Crippen molar-refractivity contribution in [1.29, 1.82) is 0 Å². The molecule has 0 bridgehead atoms. The number of aliphatic hydroxyl groups excluding tert-OH is 2. The van der Waals surface area contributed by atoms with Crippen LogP contribution >= 0.6 is 0 Å². The molecule has 0 aromatic heterocycles. The molecule has 2 atom stereocenters. The Kier molecular flexibility index (Phi) is 4.24. The quantitative estimate of drug-likeness (QED) is 0.430. The number of rotatable bonds is 5. The summed E-state index contributed by atoms with van der Waals surface area (Å²) in [5.41, 5.74) is 0.155. The van der Waals surface area contributed by atoms with Crippen LogP contribution in [0.1, 0.15) is 11.8 Å². The summed E-state index contributed by atoms with van der Waals surface area (Å²) in [6.45, 7) is -0.653. The Morgan fingerprint density at radius 2 is 2.00 bits per heavy atom. The standard InChI is InChI=1S/C10H13NO5/c12-5-7(10(15)16)11-9(14)6-3-1-2-4-8(6)13/h1-4,7,9,11-14H,5H2,(H,15,16). The fourth-order valence-corrected chi connectivity index (χ4v) is 1.20. The molecule has 6 heteroatoms. The molecular formula is C10H13NO5. The van der Waals surface area contributed by atoms with E-state index >= 15 is 0 Å². The van der Waals surface area contributed by atoms with Crippen molar-refractivity contribution < 1.29 is 25.2 Å². The number of hydrogen-bond donors (Lipinski definition) is 5. The summed E-state index contributed by atoms with van der Waals surface area (Å²) in [7, 11) is 0. The maximum absolute atomic E-state index is 10.6. The number of aliphatic hydroxyl groups is 2. The summed E-state index contributed by atoms with van der Waals surface area (Å²) in [5.74, 6) is -1.43. The van der Waals surface area contributed by atoms with E-state index in [-0.39, 0.29) is 11.3 Å². The second-order valence-corrected chi connectivity index (χ2v) is 3.20. The average molecular weight is 227 g/mol. The Hall–Kier alpha value is -1.63. The normalized spacial score (nSPS) is 14.4. The van der Waals surface area contributed by atoms with Gasteiger partial charge in [0.15, 0.2) is 0 Å². The van der Waals surface area contributed by atoms with E-state index in [1.54, 1.807) is 12.1 Å². The van der Waals surface area contributed by atoms with Gasteiger partial charge in [0, 0.05) is 5.56 Å². The summed E-state index contributed by atoms with van der Waals surface area (Å²) < 4.78 is 0. The topological polar surface area (TPSA) is 110 Å². The maximum Gasteiger partial charge on any atom is 0.323 e. The molecule has 0 aliphatic rings. The van der Waals surface area contributed by atoms with Gasteiger partial charge in [-0.1, -0.05) is 18.2 Å². The summed E-state index contributed by atoms with van der Waals surface area (Å²) in [6.07, 6.45) is -1.35. The van der Waals surface area contributed by atoms with Gasteiger partial charge in [0.1, 0.15) is 18.0 Å². The molecule has 0 saturated heterocycles. The minimum absolute atomic E-state index is 0.149. The highest BCUT2D eigenvalue weighted by Crippen LogP contribution is 2.21. The van der Waals surface area contributed by atoms with Crippen molar-refractivity contribution >= 4 is 5.97 Å². The Labute approximate surface area is 91.8 Å². The molecule has 2 unspecified atom stereocenters. The van der Waals surface area contributed by atoms with Gasteiger partial charge in [-0.3, -0.25) is 10.1 Å². The number of hydrogen-bond acceptors (Lipinski definition) is 5. The molecule has 0 aliphatic carbocycles. The molecule has 0 aliphatic heterocycles. The maximum atomic E-state index is 10.6. The van der Waals surface area contributed by atoms with E-state index in [4.69, 9.17) is 10.2 Å². The van der Waals surface area contributed by atoms with Gasteiger partial charge in [0.25, 0.3) is 0 Å². The van der Waals surface area contributed by atoms with Crippen LogP contribution in [-0.2, 0) is 4.79 Å². The van der Waals surface area contributed by atoms with Crippen LogP contribution in [0.4, 0.5) is 0 Å². The van der Waals surface area contributed by atoms with Gasteiger partial charge in [-0.15, -0.1) is 0 Å².